The van der Waals surface area contributed by atoms with Crippen molar-refractivity contribution in [3.63, 3.8) is 0 Å². The smallest absolute Gasteiger partial charge is 0.0932 e. The normalized spacial score (nSPS) is 23.6. The second-order valence-corrected chi connectivity index (χ2v) is 5.45. The van der Waals surface area contributed by atoms with E-state index in [4.69, 9.17) is 15.6 Å². The maximum Gasteiger partial charge on any atom is 0.0932 e. The molecule has 0 aromatic heterocycles. The third-order valence-corrected chi connectivity index (χ3v) is 3.31. The van der Waals surface area contributed by atoms with Crippen LogP contribution in [0.15, 0.2) is 0 Å². The van der Waals surface area contributed by atoms with Gasteiger partial charge in [0, 0.05) is 13.1 Å². The van der Waals surface area contributed by atoms with Crippen LogP contribution in [0.3, 0.4) is 0 Å². The molecule has 3 N–H and O–H groups in total. The number of nitrogens with zero attached hydrogens (tertiary/aromatic N) is 1. The van der Waals surface area contributed by atoms with Crippen LogP contribution >= 0.6 is 0 Å². The molecule has 16 heavy (non-hydrogen) atoms. The van der Waals surface area contributed by atoms with Crippen LogP contribution in [0, 0.1) is 5.41 Å². The van der Waals surface area contributed by atoms with Gasteiger partial charge < -0.3 is 15.6 Å². The molecule has 96 valence electrons. The van der Waals surface area contributed by atoms with Crippen molar-refractivity contribution in [3.05, 3.63) is 0 Å². The average molecular weight is 230 g/mol. The number of hydrogen-bond donors (Lipinski definition) is 2. The summed E-state index contributed by atoms with van der Waals surface area (Å²) in [5.74, 6) is 0. The fourth-order valence-electron chi connectivity index (χ4n) is 1.98. The summed E-state index contributed by atoms with van der Waals surface area (Å²) in [5, 5.41) is 9.03. The summed E-state index contributed by atoms with van der Waals surface area (Å²) in [4.78, 5) is 2.37. The van der Waals surface area contributed by atoms with Gasteiger partial charge in [-0.1, -0.05) is 13.8 Å². The number of rotatable bonds is 6. The van der Waals surface area contributed by atoms with Crippen LogP contribution in [0.4, 0.5) is 0 Å². The summed E-state index contributed by atoms with van der Waals surface area (Å²) in [7, 11) is 0. The van der Waals surface area contributed by atoms with Crippen molar-refractivity contribution >= 4 is 0 Å². The number of nitrogens with two attached hydrogens (primary N) is 1. The van der Waals surface area contributed by atoms with E-state index >= 15 is 0 Å². The molecule has 1 unspecified atom stereocenters. The molecular weight excluding hydrogens is 204 g/mol. The zero-order valence-electron chi connectivity index (χ0n) is 10.6. The molecule has 0 aliphatic carbocycles. The quantitative estimate of drug-likeness (QED) is 0.695. The standard InChI is InChI=1S/C12H26N2O2/c1-12(2,10-13)4-3-5-14-6-7-16-11(8-14)9-15/h11,15H,3-10,13H2,1-2H3. The zero-order valence-corrected chi connectivity index (χ0v) is 10.6. The SMILES string of the molecule is CC(C)(CN)CCCN1CCOC(CO)C1. The van der Waals surface area contributed by atoms with Gasteiger partial charge in [0.05, 0.1) is 19.3 Å². The molecule has 0 radical (unpaired) electrons. The van der Waals surface area contributed by atoms with E-state index in [0.717, 1.165) is 39.2 Å². The first-order chi connectivity index (χ1) is 7.57. The highest BCUT2D eigenvalue weighted by molar-refractivity contribution is 4.73. The molecule has 1 atom stereocenters. The lowest BCUT2D eigenvalue weighted by molar-refractivity contribution is -0.0533. The minimum absolute atomic E-state index is 0.0104. The van der Waals surface area contributed by atoms with Gasteiger partial charge in [0.25, 0.3) is 0 Å². The summed E-state index contributed by atoms with van der Waals surface area (Å²) < 4.78 is 5.41. The van der Waals surface area contributed by atoms with Crippen molar-refractivity contribution in [1.82, 2.24) is 4.90 Å². The Morgan fingerprint density at radius 2 is 2.25 bits per heavy atom. The number of morpholine rings is 1. The Kier molecular flexibility index (Phi) is 5.69. The van der Waals surface area contributed by atoms with Gasteiger partial charge in [0.1, 0.15) is 0 Å². The highest BCUT2D eigenvalue weighted by Gasteiger charge is 2.20. The van der Waals surface area contributed by atoms with Crippen molar-refractivity contribution < 1.29 is 9.84 Å². The topological polar surface area (TPSA) is 58.7 Å². The van der Waals surface area contributed by atoms with Gasteiger partial charge in [0.15, 0.2) is 0 Å². The fourth-order valence-corrected chi connectivity index (χ4v) is 1.98. The maximum absolute atomic E-state index is 9.03. The van der Waals surface area contributed by atoms with E-state index in [1.54, 1.807) is 0 Å². The van der Waals surface area contributed by atoms with Crippen molar-refractivity contribution in [2.45, 2.75) is 32.8 Å². The van der Waals surface area contributed by atoms with E-state index in [0.29, 0.717) is 0 Å². The van der Waals surface area contributed by atoms with E-state index in [9.17, 15) is 0 Å². The van der Waals surface area contributed by atoms with Gasteiger partial charge in [-0.2, -0.15) is 0 Å². The Morgan fingerprint density at radius 3 is 2.88 bits per heavy atom. The minimum atomic E-state index is 0.0104. The van der Waals surface area contributed by atoms with Crippen LogP contribution in [0.1, 0.15) is 26.7 Å². The lowest BCUT2D eigenvalue weighted by atomic mass is 9.88. The summed E-state index contributed by atoms with van der Waals surface area (Å²) in [6, 6.07) is 0. The average Bonchev–Trinajstić information content (AvgIpc) is 2.29. The lowest BCUT2D eigenvalue weighted by Gasteiger charge is -2.32. The Morgan fingerprint density at radius 1 is 1.50 bits per heavy atom. The molecule has 0 amide bonds. The van der Waals surface area contributed by atoms with Crippen LogP contribution in [0.25, 0.3) is 0 Å². The fraction of sp³-hybridized carbons (Fsp3) is 1.00. The number of hydrogen-bond acceptors (Lipinski definition) is 4. The molecule has 0 aromatic carbocycles. The van der Waals surface area contributed by atoms with Gasteiger partial charge in [-0.15, -0.1) is 0 Å². The first-order valence-electron chi connectivity index (χ1n) is 6.22. The third-order valence-electron chi connectivity index (χ3n) is 3.31. The van der Waals surface area contributed by atoms with Gasteiger partial charge in [-0.05, 0) is 31.3 Å². The monoisotopic (exact) mass is 230 g/mol. The lowest BCUT2D eigenvalue weighted by Crippen LogP contribution is -2.44. The molecule has 1 saturated heterocycles. The number of aliphatic hydroxyl groups is 1. The molecule has 0 bridgehead atoms. The van der Waals surface area contributed by atoms with Crippen LogP contribution in [0.2, 0.25) is 0 Å². The van der Waals surface area contributed by atoms with E-state index < -0.39 is 0 Å². The van der Waals surface area contributed by atoms with Crippen LogP contribution in [-0.2, 0) is 4.74 Å². The second kappa shape index (κ2) is 6.55. The first kappa shape index (κ1) is 13.9. The van der Waals surface area contributed by atoms with Crippen molar-refractivity contribution in [2.24, 2.45) is 11.1 Å². The highest BCUT2D eigenvalue weighted by atomic mass is 16.5. The Labute approximate surface area is 98.8 Å². The summed E-state index contributed by atoms with van der Waals surface area (Å²) >= 11 is 0. The molecule has 0 saturated carbocycles. The van der Waals surface area contributed by atoms with Gasteiger partial charge in [0.2, 0.25) is 0 Å². The van der Waals surface area contributed by atoms with Crippen molar-refractivity contribution in [2.75, 3.05) is 39.4 Å². The predicted octanol–water partition coefficient (Wildman–Crippen LogP) is 0.445. The maximum atomic E-state index is 9.03. The largest absolute Gasteiger partial charge is 0.394 e. The molecule has 0 spiro atoms. The molecule has 4 nitrogen and oxygen atoms in total. The molecule has 1 rings (SSSR count). The van der Waals surface area contributed by atoms with Crippen LogP contribution in [0.5, 0.6) is 0 Å². The van der Waals surface area contributed by atoms with E-state index in [1.165, 1.54) is 6.42 Å². The molecule has 1 aliphatic heterocycles. The molecule has 1 heterocycles. The summed E-state index contributed by atoms with van der Waals surface area (Å²) in [6.07, 6.45) is 2.34. The molecule has 1 aliphatic rings. The van der Waals surface area contributed by atoms with Gasteiger partial charge >= 0.3 is 0 Å². The number of ether oxygens (including phenoxy) is 1. The molecule has 4 heteroatoms. The molecule has 0 aromatic rings. The molecule has 1 fully saturated rings. The van der Waals surface area contributed by atoms with E-state index in [1.807, 2.05) is 0 Å². The van der Waals surface area contributed by atoms with Gasteiger partial charge in [-0.3, -0.25) is 4.90 Å². The Hall–Kier alpha value is -0.160. The predicted molar refractivity (Wildman–Crippen MR) is 65.3 cm³/mol. The minimum Gasteiger partial charge on any atom is -0.394 e. The summed E-state index contributed by atoms with van der Waals surface area (Å²) in [5.41, 5.74) is 5.96. The van der Waals surface area contributed by atoms with E-state index in [-0.39, 0.29) is 18.1 Å². The van der Waals surface area contributed by atoms with Crippen molar-refractivity contribution in [1.29, 1.82) is 0 Å². The second-order valence-electron chi connectivity index (χ2n) is 5.45. The molecular formula is C12H26N2O2. The summed E-state index contributed by atoms with van der Waals surface area (Å²) in [6.45, 7) is 8.97. The van der Waals surface area contributed by atoms with E-state index in [2.05, 4.69) is 18.7 Å². The first-order valence-corrected chi connectivity index (χ1v) is 6.22. The van der Waals surface area contributed by atoms with Gasteiger partial charge in [-0.25, -0.2) is 0 Å². The Bertz CT molecular complexity index is 197. The Balaban J connectivity index is 2.17. The highest BCUT2D eigenvalue weighted by Crippen LogP contribution is 2.20. The third kappa shape index (κ3) is 4.78. The zero-order chi connectivity index (χ0) is 12.0. The number of aliphatic hydroxyl groups excluding tert-OH is 1. The van der Waals surface area contributed by atoms with Crippen LogP contribution < -0.4 is 5.73 Å². The van der Waals surface area contributed by atoms with Crippen molar-refractivity contribution in [3.8, 4) is 0 Å². The van der Waals surface area contributed by atoms with Crippen LogP contribution in [-0.4, -0.2) is 55.5 Å².